The van der Waals surface area contributed by atoms with Crippen molar-refractivity contribution in [3.05, 3.63) is 53.9 Å². The van der Waals surface area contributed by atoms with Crippen LogP contribution in [0.5, 0.6) is 0 Å². The van der Waals surface area contributed by atoms with Gasteiger partial charge in [0.15, 0.2) is 0 Å². The number of carbonyl (C=O) groups is 1. The molecule has 2 aromatic carbocycles. The predicted molar refractivity (Wildman–Crippen MR) is 89.5 cm³/mol. The lowest BCUT2D eigenvalue weighted by Crippen LogP contribution is -2.14. The van der Waals surface area contributed by atoms with Crippen LogP contribution in [0.4, 0.5) is 18.9 Å². The first-order valence-corrected chi connectivity index (χ1v) is 8.15. The molecular formula is C15H8F3N7OS. The summed E-state index contributed by atoms with van der Waals surface area (Å²) >= 11 is 1.02. The summed E-state index contributed by atoms with van der Waals surface area (Å²) in [5.41, 5.74) is 1.05. The first kappa shape index (κ1) is 17.0. The molecule has 0 bridgehead atoms. The molecule has 4 aromatic rings. The smallest absolute Gasteiger partial charge is 0.317 e. The second kappa shape index (κ2) is 6.39. The van der Waals surface area contributed by atoms with E-state index in [9.17, 15) is 18.0 Å². The van der Waals surface area contributed by atoms with E-state index in [-0.39, 0.29) is 11.5 Å². The van der Waals surface area contributed by atoms with Gasteiger partial charge in [-0.3, -0.25) is 4.79 Å². The molecule has 136 valence electrons. The standard InChI is InChI=1S/C15H8F3N7OS/c16-15(17,18)8-4-6-9(7-5-8)25-21-13(20-24-25)14(26)19-10-2-1-3-11-12(10)23-27-22-11/h1-7H,(H,19,26). The summed E-state index contributed by atoms with van der Waals surface area (Å²) in [6, 6.07) is 9.30. The van der Waals surface area contributed by atoms with Crippen LogP contribution in [0.2, 0.25) is 0 Å². The van der Waals surface area contributed by atoms with E-state index in [2.05, 4.69) is 29.5 Å². The topological polar surface area (TPSA) is 98.5 Å². The number of nitrogens with one attached hydrogen (secondary N) is 1. The average molecular weight is 391 g/mol. The van der Waals surface area contributed by atoms with Crippen molar-refractivity contribution in [1.82, 2.24) is 29.0 Å². The number of halogens is 3. The highest BCUT2D eigenvalue weighted by molar-refractivity contribution is 7.00. The highest BCUT2D eigenvalue weighted by Gasteiger charge is 2.30. The van der Waals surface area contributed by atoms with Crippen molar-refractivity contribution in [3.63, 3.8) is 0 Å². The van der Waals surface area contributed by atoms with Crippen molar-refractivity contribution in [2.75, 3.05) is 5.32 Å². The van der Waals surface area contributed by atoms with Crippen molar-refractivity contribution < 1.29 is 18.0 Å². The number of anilines is 1. The van der Waals surface area contributed by atoms with Crippen LogP contribution in [-0.4, -0.2) is 34.9 Å². The molecule has 2 heterocycles. The number of fused-ring (bicyclic) bond motifs is 1. The molecule has 0 spiro atoms. The minimum Gasteiger partial charge on any atom is -0.317 e. The van der Waals surface area contributed by atoms with Crippen LogP contribution in [0.1, 0.15) is 16.2 Å². The van der Waals surface area contributed by atoms with Crippen LogP contribution < -0.4 is 5.32 Å². The predicted octanol–water partition coefficient (Wildman–Crippen LogP) is 2.94. The molecule has 4 rings (SSSR count). The molecule has 1 amide bonds. The van der Waals surface area contributed by atoms with Gasteiger partial charge < -0.3 is 5.32 Å². The molecule has 0 saturated carbocycles. The first-order chi connectivity index (χ1) is 12.9. The molecule has 0 aliphatic carbocycles. The van der Waals surface area contributed by atoms with Gasteiger partial charge >= 0.3 is 6.18 Å². The monoisotopic (exact) mass is 391 g/mol. The molecule has 0 aliphatic heterocycles. The van der Waals surface area contributed by atoms with Gasteiger partial charge in [-0.2, -0.15) is 21.9 Å². The minimum atomic E-state index is -4.44. The van der Waals surface area contributed by atoms with Gasteiger partial charge in [-0.1, -0.05) is 6.07 Å². The third-order valence-electron chi connectivity index (χ3n) is 3.58. The number of hydrogen-bond donors (Lipinski definition) is 1. The molecule has 0 atom stereocenters. The molecule has 0 radical (unpaired) electrons. The average Bonchev–Trinajstić information content (AvgIpc) is 3.31. The van der Waals surface area contributed by atoms with Crippen LogP contribution in [0.25, 0.3) is 16.7 Å². The number of hydrogen-bond acceptors (Lipinski definition) is 7. The highest BCUT2D eigenvalue weighted by atomic mass is 32.1. The lowest BCUT2D eigenvalue weighted by molar-refractivity contribution is -0.137. The Balaban J connectivity index is 1.55. The zero-order chi connectivity index (χ0) is 19.0. The first-order valence-electron chi connectivity index (χ1n) is 7.42. The van der Waals surface area contributed by atoms with Gasteiger partial charge in [0, 0.05) is 0 Å². The zero-order valence-corrected chi connectivity index (χ0v) is 14.0. The summed E-state index contributed by atoms with van der Waals surface area (Å²) in [5.74, 6) is -0.872. The van der Waals surface area contributed by atoms with E-state index in [1.165, 1.54) is 12.1 Å². The van der Waals surface area contributed by atoms with E-state index < -0.39 is 17.6 Å². The van der Waals surface area contributed by atoms with Crippen molar-refractivity contribution in [2.45, 2.75) is 6.18 Å². The van der Waals surface area contributed by atoms with Gasteiger partial charge in [0.25, 0.3) is 11.7 Å². The summed E-state index contributed by atoms with van der Waals surface area (Å²) in [5, 5.41) is 13.9. The maximum Gasteiger partial charge on any atom is 0.416 e. The Labute approximate surface area is 153 Å². The Morgan fingerprint density at radius 3 is 2.59 bits per heavy atom. The molecule has 1 N–H and O–H groups in total. The molecule has 8 nitrogen and oxygen atoms in total. The summed E-state index contributed by atoms with van der Waals surface area (Å²) in [4.78, 5) is 13.3. The summed E-state index contributed by atoms with van der Waals surface area (Å²) in [7, 11) is 0. The minimum absolute atomic E-state index is 0.236. The van der Waals surface area contributed by atoms with Gasteiger partial charge in [0.2, 0.25) is 0 Å². The van der Waals surface area contributed by atoms with Crippen molar-refractivity contribution >= 4 is 34.4 Å². The summed E-state index contributed by atoms with van der Waals surface area (Å²) in [6.45, 7) is 0. The van der Waals surface area contributed by atoms with Crippen LogP contribution in [-0.2, 0) is 6.18 Å². The fourth-order valence-electron chi connectivity index (χ4n) is 2.28. The second-order valence-corrected chi connectivity index (χ2v) is 5.87. The molecule has 0 fully saturated rings. The van der Waals surface area contributed by atoms with Gasteiger partial charge in [0.05, 0.1) is 28.7 Å². The SMILES string of the molecule is O=C(Nc1cccc2nsnc12)c1nnn(-c2ccc(C(F)(F)F)cc2)n1. The van der Waals surface area contributed by atoms with E-state index in [4.69, 9.17) is 0 Å². The molecule has 0 aliphatic rings. The number of rotatable bonds is 3. The molecule has 0 saturated heterocycles. The summed E-state index contributed by atoms with van der Waals surface area (Å²) in [6.07, 6.45) is -4.44. The van der Waals surface area contributed by atoms with Gasteiger partial charge in [-0.25, -0.2) is 0 Å². The number of nitrogens with zero attached hydrogens (tertiary/aromatic N) is 6. The van der Waals surface area contributed by atoms with E-state index in [1.807, 2.05) is 0 Å². The lowest BCUT2D eigenvalue weighted by Gasteiger charge is -2.06. The maximum atomic E-state index is 12.6. The second-order valence-electron chi connectivity index (χ2n) is 5.34. The molecule has 2 aromatic heterocycles. The van der Waals surface area contributed by atoms with E-state index in [0.717, 1.165) is 28.7 Å². The van der Waals surface area contributed by atoms with E-state index in [1.54, 1.807) is 18.2 Å². The largest absolute Gasteiger partial charge is 0.416 e. The van der Waals surface area contributed by atoms with Gasteiger partial charge in [-0.15, -0.1) is 15.0 Å². The Bertz CT molecular complexity index is 1120. The fourth-order valence-corrected chi connectivity index (χ4v) is 2.83. The Morgan fingerprint density at radius 2 is 1.85 bits per heavy atom. The number of aromatic nitrogens is 6. The van der Waals surface area contributed by atoms with Gasteiger partial charge in [0.1, 0.15) is 11.0 Å². The molecule has 0 unspecified atom stereocenters. The molecule has 27 heavy (non-hydrogen) atoms. The number of amides is 1. The third kappa shape index (κ3) is 3.33. The zero-order valence-electron chi connectivity index (χ0n) is 13.2. The Hall–Kier alpha value is -3.41. The van der Waals surface area contributed by atoms with E-state index in [0.29, 0.717) is 16.7 Å². The highest BCUT2D eigenvalue weighted by Crippen LogP contribution is 2.29. The van der Waals surface area contributed by atoms with Crippen LogP contribution in [0.3, 0.4) is 0 Å². The third-order valence-corrected chi connectivity index (χ3v) is 4.12. The Kier molecular flexibility index (Phi) is 4.03. The normalized spacial score (nSPS) is 11.7. The lowest BCUT2D eigenvalue weighted by atomic mass is 10.2. The van der Waals surface area contributed by atoms with Crippen molar-refractivity contribution in [2.24, 2.45) is 0 Å². The number of benzene rings is 2. The van der Waals surface area contributed by atoms with Crippen molar-refractivity contribution in [1.29, 1.82) is 0 Å². The van der Waals surface area contributed by atoms with Crippen LogP contribution >= 0.6 is 11.7 Å². The fraction of sp³-hybridized carbons (Fsp3) is 0.0667. The number of alkyl halides is 3. The summed E-state index contributed by atoms with van der Waals surface area (Å²) < 4.78 is 46.0. The van der Waals surface area contributed by atoms with E-state index >= 15 is 0 Å². The number of carbonyl (C=O) groups excluding carboxylic acids is 1. The quantitative estimate of drug-likeness (QED) is 0.577. The molecular weight excluding hydrogens is 383 g/mol. The molecule has 12 heteroatoms. The maximum absolute atomic E-state index is 12.6. The van der Waals surface area contributed by atoms with Gasteiger partial charge in [-0.05, 0) is 41.6 Å². The Morgan fingerprint density at radius 1 is 1.07 bits per heavy atom. The van der Waals surface area contributed by atoms with Crippen molar-refractivity contribution in [3.8, 4) is 5.69 Å². The number of tetrazole rings is 1. The van der Waals surface area contributed by atoms with Crippen LogP contribution in [0.15, 0.2) is 42.5 Å². The van der Waals surface area contributed by atoms with Crippen LogP contribution in [0, 0.1) is 0 Å².